The number of nitrogens with zero attached hydrogens (tertiary/aromatic N) is 1. The topological polar surface area (TPSA) is 37.4 Å². The van der Waals surface area contributed by atoms with Crippen molar-refractivity contribution in [1.29, 1.82) is 0 Å². The average Bonchev–Trinajstić information content (AvgIpc) is 2.69. The average molecular weight is 374 g/mol. The Balaban J connectivity index is 0.000000673. The van der Waals surface area contributed by atoms with E-state index in [1.54, 1.807) is 60.7 Å². The third-order valence-corrected chi connectivity index (χ3v) is 4.01. The van der Waals surface area contributed by atoms with Crippen molar-refractivity contribution in [3.05, 3.63) is 77.9 Å². The molecule has 3 nitrogen and oxygen atoms in total. The first-order chi connectivity index (χ1) is 12.1. The number of hydrogen-bond donors (Lipinski definition) is 0. The highest BCUT2D eigenvalue weighted by Crippen LogP contribution is 2.13. The minimum Gasteiger partial charge on any atom is -0.304 e. The third kappa shape index (κ3) is 6.95. The molecule has 0 aliphatic rings. The standard InChI is InChI=1S/C16H12O2.C6H15N.ClH/c1-2-12-8-6-7-11-14(12)16(18)15(17)13-9-4-3-5-10-13;1-4-7(5-2)6-3;/h2-11H,1H2;4-6H2,1-3H3;1H. The summed E-state index contributed by atoms with van der Waals surface area (Å²) < 4.78 is 0. The predicted octanol–water partition coefficient (Wildman–Crippen LogP) is 5.17. The molecule has 0 aliphatic heterocycles. The highest BCUT2D eigenvalue weighted by Gasteiger charge is 2.19. The molecule has 0 aromatic heterocycles. The quantitative estimate of drug-likeness (QED) is 0.496. The van der Waals surface area contributed by atoms with Crippen molar-refractivity contribution in [1.82, 2.24) is 4.90 Å². The maximum Gasteiger partial charge on any atom is 0.234 e. The number of benzene rings is 2. The molecule has 0 heterocycles. The van der Waals surface area contributed by atoms with Gasteiger partial charge in [0.1, 0.15) is 0 Å². The number of Topliss-reactive ketones (excluding diaryl/α,β-unsaturated/α-hetero) is 2. The summed E-state index contributed by atoms with van der Waals surface area (Å²) in [6.45, 7) is 13.8. The van der Waals surface area contributed by atoms with Crippen molar-refractivity contribution < 1.29 is 9.59 Å². The molecule has 0 fully saturated rings. The molecule has 0 unspecified atom stereocenters. The van der Waals surface area contributed by atoms with Crippen LogP contribution in [-0.4, -0.2) is 36.1 Å². The van der Waals surface area contributed by atoms with Crippen molar-refractivity contribution in [3.8, 4) is 0 Å². The minimum absolute atomic E-state index is 0. The molecule has 2 aromatic rings. The van der Waals surface area contributed by atoms with Gasteiger partial charge in [0.25, 0.3) is 0 Å². The van der Waals surface area contributed by atoms with E-state index in [1.807, 2.05) is 0 Å². The molecule has 2 rings (SSSR count). The van der Waals surface area contributed by atoms with Gasteiger partial charge in [0.05, 0.1) is 0 Å². The zero-order chi connectivity index (χ0) is 18.7. The van der Waals surface area contributed by atoms with Crippen molar-refractivity contribution in [2.45, 2.75) is 20.8 Å². The maximum absolute atomic E-state index is 12.1. The summed E-state index contributed by atoms with van der Waals surface area (Å²) in [5.41, 5.74) is 1.47. The fourth-order valence-electron chi connectivity index (χ4n) is 2.40. The molecule has 0 radical (unpaired) electrons. The molecule has 0 atom stereocenters. The van der Waals surface area contributed by atoms with Gasteiger partial charge in [-0.15, -0.1) is 12.4 Å². The van der Waals surface area contributed by atoms with Crippen molar-refractivity contribution in [2.24, 2.45) is 0 Å². The Hall–Kier alpha value is -2.23. The van der Waals surface area contributed by atoms with Crippen LogP contribution in [0.4, 0.5) is 0 Å². The van der Waals surface area contributed by atoms with Gasteiger partial charge in [-0.25, -0.2) is 0 Å². The molecule has 0 amide bonds. The number of ketones is 2. The fraction of sp³-hybridized carbons (Fsp3) is 0.273. The molecular formula is C22H28ClNO2. The van der Waals surface area contributed by atoms with Crippen LogP contribution in [0.1, 0.15) is 47.1 Å². The van der Waals surface area contributed by atoms with Crippen molar-refractivity contribution >= 4 is 30.0 Å². The van der Waals surface area contributed by atoms with E-state index in [9.17, 15) is 9.59 Å². The summed E-state index contributed by atoms with van der Waals surface area (Å²) in [5.74, 6) is -0.999. The Kier molecular flexibility index (Phi) is 11.9. The predicted molar refractivity (Wildman–Crippen MR) is 112 cm³/mol. The number of carbonyl (C=O) groups is 2. The molecule has 0 spiro atoms. The zero-order valence-corrected chi connectivity index (χ0v) is 16.6. The van der Waals surface area contributed by atoms with E-state index in [-0.39, 0.29) is 12.4 Å². The lowest BCUT2D eigenvalue weighted by molar-refractivity contribution is 0.0817. The normalized spacial score (nSPS) is 9.54. The molecule has 0 aliphatic carbocycles. The van der Waals surface area contributed by atoms with Crippen LogP contribution in [0.5, 0.6) is 0 Å². The fourth-order valence-corrected chi connectivity index (χ4v) is 2.40. The summed E-state index contributed by atoms with van der Waals surface area (Å²) in [6, 6.07) is 15.5. The van der Waals surface area contributed by atoms with Crippen LogP contribution in [0.3, 0.4) is 0 Å². The van der Waals surface area contributed by atoms with Crippen LogP contribution < -0.4 is 0 Å². The van der Waals surface area contributed by atoms with Gasteiger partial charge in [-0.1, -0.05) is 88.0 Å². The first-order valence-electron chi connectivity index (χ1n) is 8.66. The molecule has 0 saturated carbocycles. The van der Waals surface area contributed by atoms with Gasteiger partial charge in [0, 0.05) is 11.1 Å². The minimum atomic E-state index is -0.503. The lowest BCUT2D eigenvalue weighted by atomic mass is 9.97. The second kappa shape index (κ2) is 13.0. The summed E-state index contributed by atoms with van der Waals surface area (Å²) in [4.78, 5) is 26.5. The van der Waals surface area contributed by atoms with Crippen LogP contribution in [0, 0.1) is 0 Å². The smallest absolute Gasteiger partial charge is 0.234 e. The molecule has 0 bridgehead atoms. The van der Waals surface area contributed by atoms with Gasteiger partial charge in [0.15, 0.2) is 0 Å². The SMILES string of the molecule is C=Cc1ccccc1C(=O)C(=O)c1ccccc1.CCN(CC)CC.Cl. The Labute approximate surface area is 163 Å². The van der Waals surface area contributed by atoms with E-state index < -0.39 is 11.6 Å². The van der Waals surface area contributed by atoms with Gasteiger partial charge in [-0.05, 0) is 25.2 Å². The first-order valence-corrected chi connectivity index (χ1v) is 8.66. The van der Waals surface area contributed by atoms with Crippen molar-refractivity contribution in [3.63, 3.8) is 0 Å². The molecule has 2 aromatic carbocycles. The van der Waals surface area contributed by atoms with E-state index in [2.05, 4.69) is 32.3 Å². The summed E-state index contributed by atoms with van der Waals surface area (Å²) in [7, 11) is 0. The van der Waals surface area contributed by atoms with Gasteiger partial charge in [-0.3, -0.25) is 9.59 Å². The summed E-state index contributed by atoms with van der Waals surface area (Å²) in [6.07, 6.45) is 1.57. The molecule has 140 valence electrons. The number of halogens is 1. The monoisotopic (exact) mass is 373 g/mol. The summed E-state index contributed by atoms with van der Waals surface area (Å²) >= 11 is 0. The lowest BCUT2D eigenvalue weighted by Gasteiger charge is -2.13. The highest BCUT2D eigenvalue weighted by molar-refractivity contribution is 6.49. The third-order valence-electron chi connectivity index (χ3n) is 4.01. The van der Waals surface area contributed by atoms with E-state index in [0.717, 1.165) is 0 Å². The van der Waals surface area contributed by atoms with Crippen LogP contribution in [0.25, 0.3) is 6.08 Å². The molecule has 26 heavy (non-hydrogen) atoms. The largest absolute Gasteiger partial charge is 0.304 e. The van der Waals surface area contributed by atoms with Crippen LogP contribution >= 0.6 is 12.4 Å². The zero-order valence-electron chi connectivity index (χ0n) is 15.8. The maximum atomic E-state index is 12.1. The molecular weight excluding hydrogens is 346 g/mol. The molecule has 0 N–H and O–H groups in total. The van der Waals surface area contributed by atoms with Gasteiger partial charge < -0.3 is 4.90 Å². The lowest BCUT2D eigenvalue weighted by Crippen LogP contribution is -2.21. The second-order valence-electron chi connectivity index (χ2n) is 5.44. The number of hydrogen-bond acceptors (Lipinski definition) is 3. The van der Waals surface area contributed by atoms with Crippen LogP contribution in [0.15, 0.2) is 61.2 Å². The van der Waals surface area contributed by atoms with E-state index in [0.29, 0.717) is 16.7 Å². The Bertz CT molecular complexity index is 689. The van der Waals surface area contributed by atoms with Gasteiger partial charge in [0.2, 0.25) is 11.6 Å². The van der Waals surface area contributed by atoms with E-state index in [1.165, 1.54) is 19.6 Å². The van der Waals surface area contributed by atoms with Crippen LogP contribution in [-0.2, 0) is 0 Å². The number of carbonyl (C=O) groups excluding carboxylic acids is 2. The second-order valence-corrected chi connectivity index (χ2v) is 5.44. The van der Waals surface area contributed by atoms with Gasteiger partial charge in [-0.2, -0.15) is 0 Å². The Morgan fingerprint density at radius 2 is 1.35 bits per heavy atom. The van der Waals surface area contributed by atoms with Crippen LogP contribution in [0.2, 0.25) is 0 Å². The summed E-state index contributed by atoms with van der Waals surface area (Å²) in [5, 5.41) is 0. The van der Waals surface area contributed by atoms with Crippen molar-refractivity contribution in [2.75, 3.05) is 19.6 Å². The molecule has 0 saturated heterocycles. The van der Waals surface area contributed by atoms with E-state index >= 15 is 0 Å². The van der Waals surface area contributed by atoms with E-state index in [4.69, 9.17) is 0 Å². The highest BCUT2D eigenvalue weighted by atomic mass is 35.5. The van der Waals surface area contributed by atoms with Gasteiger partial charge >= 0.3 is 0 Å². The Morgan fingerprint density at radius 3 is 1.81 bits per heavy atom. The number of rotatable bonds is 7. The Morgan fingerprint density at radius 1 is 0.846 bits per heavy atom. The molecule has 4 heteroatoms. The first kappa shape index (κ1) is 23.8.